The second-order valence-electron chi connectivity index (χ2n) is 6.58. The third kappa shape index (κ3) is 4.59. The molecule has 1 aliphatic rings. The van der Waals surface area contributed by atoms with Gasteiger partial charge in [-0.2, -0.15) is 0 Å². The van der Waals surface area contributed by atoms with Crippen LogP contribution in [0.3, 0.4) is 0 Å². The van der Waals surface area contributed by atoms with Crippen LogP contribution >= 0.6 is 0 Å². The average Bonchev–Trinajstić information content (AvgIpc) is 2.59. The highest BCUT2D eigenvalue weighted by atomic mass is 16.5. The number of aliphatic imine (C=N–C) groups is 1. The van der Waals surface area contributed by atoms with E-state index >= 15 is 0 Å². The normalized spacial score (nSPS) is 17.3. The van der Waals surface area contributed by atoms with Crippen molar-refractivity contribution in [1.29, 1.82) is 0 Å². The van der Waals surface area contributed by atoms with E-state index in [4.69, 9.17) is 4.74 Å². The molecule has 0 heterocycles. The lowest BCUT2D eigenvalue weighted by Gasteiger charge is -2.20. The molecule has 0 spiro atoms. The van der Waals surface area contributed by atoms with Gasteiger partial charge >= 0.3 is 5.97 Å². The van der Waals surface area contributed by atoms with Crippen molar-refractivity contribution in [3.63, 3.8) is 0 Å². The van der Waals surface area contributed by atoms with E-state index in [1.807, 2.05) is 25.1 Å². The topological polar surface area (TPSA) is 88.0 Å². The van der Waals surface area contributed by atoms with Gasteiger partial charge in [0.25, 0.3) is 0 Å². The van der Waals surface area contributed by atoms with Crippen LogP contribution in [-0.4, -0.2) is 35.7 Å². The van der Waals surface area contributed by atoms with Gasteiger partial charge in [0, 0.05) is 17.8 Å². The van der Waals surface area contributed by atoms with Crippen LogP contribution in [0, 0.1) is 5.92 Å². The van der Waals surface area contributed by atoms with E-state index in [1.165, 1.54) is 13.2 Å². The van der Waals surface area contributed by atoms with Crippen molar-refractivity contribution in [2.24, 2.45) is 10.9 Å². The Morgan fingerprint density at radius 3 is 2.46 bits per heavy atom. The summed E-state index contributed by atoms with van der Waals surface area (Å²) >= 11 is 0. The second-order valence-corrected chi connectivity index (χ2v) is 6.58. The highest BCUT2D eigenvalue weighted by Crippen LogP contribution is 2.24. The first kappa shape index (κ1) is 19.4. The summed E-state index contributed by atoms with van der Waals surface area (Å²) in [5.74, 6) is -1.21. The molecule has 0 amide bonds. The van der Waals surface area contributed by atoms with Gasteiger partial charge in [-0.1, -0.05) is 32.0 Å². The summed E-state index contributed by atoms with van der Waals surface area (Å²) in [6.07, 6.45) is 2.00. The fraction of sp³-hybridized carbons (Fsp3) is 0.350. The van der Waals surface area contributed by atoms with Crippen molar-refractivity contribution in [3.8, 4) is 0 Å². The Labute approximate surface area is 153 Å². The number of aliphatic hydroxyl groups is 1. The highest BCUT2D eigenvalue weighted by Gasteiger charge is 2.33. The van der Waals surface area contributed by atoms with E-state index in [0.717, 1.165) is 6.42 Å². The number of rotatable bonds is 6. The molecule has 1 aliphatic carbocycles. The Morgan fingerprint density at radius 1 is 1.23 bits per heavy atom. The van der Waals surface area contributed by atoms with E-state index in [9.17, 15) is 14.7 Å². The monoisotopic (exact) mass is 356 g/mol. The van der Waals surface area contributed by atoms with Gasteiger partial charge in [0.15, 0.2) is 5.76 Å². The number of carbonyl (C=O) groups excluding carboxylic acids is 2. The zero-order valence-electron chi connectivity index (χ0n) is 15.4. The quantitative estimate of drug-likeness (QED) is 0.602. The van der Waals surface area contributed by atoms with Gasteiger partial charge in [0.2, 0.25) is 5.78 Å². The summed E-state index contributed by atoms with van der Waals surface area (Å²) in [6.45, 7) is 5.97. The van der Waals surface area contributed by atoms with Crippen molar-refractivity contribution < 1.29 is 19.4 Å². The summed E-state index contributed by atoms with van der Waals surface area (Å²) < 4.78 is 4.76. The standard InChI is InChI=1S/C20H24N2O4/c1-12(2)10-13(3)21-18-16(23)11-15(19(24)17(18)20(25)26-4)22-14-8-6-5-7-9-14/h5-9,11-13,22,24H,10H2,1-4H3. The van der Waals surface area contributed by atoms with Crippen LogP contribution in [0.4, 0.5) is 5.69 Å². The molecular formula is C20H24N2O4. The number of methoxy groups -OCH3 is 1. The molecule has 0 saturated carbocycles. The molecular weight excluding hydrogens is 332 g/mol. The van der Waals surface area contributed by atoms with Crippen molar-refractivity contribution in [3.05, 3.63) is 53.4 Å². The third-order valence-electron chi connectivity index (χ3n) is 3.84. The number of benzene rings is 1. The van der Waals surface area contributed by atoms with Crippen molar-refractivity contribution in [1.82, 2.24) is 0 Å². The average molecular weight is 356 g/mol. The lowest BCUT2D eigenvalue weighted by molar-refractivity contribution is -0.135. The Balaban J connectivity index is 2.43. The van der Waals surface area contributed by atoms with Crippen LogP contribution in [-0.2, 0) is 14.3 Å². The maximum atomic E-state index is 12.6. The SMILES string of the molecule is COC(=O)C1=C(O)C(Nc2ccccc2)=CC(=O)C1=NC(C)CC(C)C. The largest absolute Gasteiger partial charge is 0.505 e. The first-order valence-electron chi connectivity index (χ1n) is 8.51. The number of para-hydroxylation sites is 1. The summed E-state index contributed by atoms with van der Waals surface area (Å²) in [4.78, 5) is 29.2. The molecule has 6 nitrogen and oxygen atoms in total. The molecule has 2 rings (SSSR count). The zero-order chi connectivity index (χ0) is 19.3. The first-order chi connectivity index (χ1) is 12.3. The molecule has 0 aliphatic heterocycles. The Bertz CT molecular complexity index is 776. The van der Waals surface area contributed by atoms with Crippen LogP contribution in [0.15, 0.2) is 58.4 Å². The fourth-order valence-corrected chi connectivity index (χ4v) is 2.79. The molecule has 0 fully saturated rings. The molecule has 0 radical (unpaired) electrons. The molecule has 138 valence electrons. The molecule has 26 heavy (non-hydrogen) atoms. The molecule has 0 saturated heterocycles. The number of aliphatic hydroxyl groups excluding tert-OH is 1. The van der Waals surface area contributed by atoms with Gasteiger partial charge in [0.05, 0.1) is 12.8 Å². The number of allylic oxidation sites excluding steroid dienone is 1. The Hall–Kier alpha value is -2.89. The van der Waals surface area contributed by atoms with Gasteiger partial charge in [-0.3, -0.25) is 9.79 Å². The van der Waals surface area contributed by atoms with Gasteiger partial charge < -0.3 is 15.2 Å². The maximum Gasteiger partial charge on any atom is 0.344 e. The number of carbonyl (C=O) groups is 2. The molecule has 1 aromatic carbocycles. The van der Waals surface area contributed by atoms with E-state index in [2.05, 4.69) is 24.2 Å². The number of hydrogen-bond acceptors (Lipinski definition) is 6. The number of esters is 1. The smallest absolute Gasteiger partial charge is 0.344 e. The van der Waals surface area contributed by atoms with Crippen LogP contribution in [0.25, 0.3) is 0 Å². The Kier molecular flexibility index (Phi) is 6.33. The van der Waals surface area contributed by atoms with E-state index < -0.39 is 11.8 Å². The van der Waals surface area contributed by atoms with E-state index in [0.29, 0.717) is 11.6 Å². The molecule has 1 aromatic rings. The van der Waals surface area contributed by atoms with Gasteiger partial charge in [0.1, 0.15) is 11.3 Å². The molecule has 0 aromatic heterocycles. The first-order valence-corrected chi connectivity index (χ1v) is 8.51. The predicted molar refractivity (Wildman–Crippen MR) is 101 cm³/mol. The van der Waals surface area contributed by atoms with Crippen LogP contribution < -0.4 is 5.32 Å². The third-order valence-corrected chi connectivity index (χ3v) is 3.84. The minimum atomic E-state index is -0.799. The van der Waals surface area contributed by atoms with Crippen molar-refractivity contribution >= 4 is 23.2 Å². The zero-order valence-corrected chi connectivity index (χ0v) is 15.4. The minimum absolute atomic E-state index is 0.0684. The van der Waals surface area contributed by atoms with Crippen molar-refractivity contribution in [2.45, 2.75) is 33.2 Å². The maximum absolute atomic E-state index is 12.6. The van der Waals surface area contributed by atoms with E-state index in [1.54, 1.807) is 12.1 Å². The number of nitrogens with one attached hydrogen (secondary N) is 1. The Morgan fingerprint density at radius 2 is 1.88 bits per heavy atom. The number of ketones is 1. The van der Waals surface area contributed by atoms with Gasteiger partial charge in [-0.05, 0) is 31.4 Å². The molecule has 1 atom stereocenters. The number of anilines is 1. The predicted octanol–water partition coefficient (Wildman–Crippen LogP) is 3.43. The molecule has 2 N–H and O–H groups in total. The van der Waals surface area contributed by atoms with Crippen LogP contribution in [0.2, 0.25) is 0 Å². The van der Waals surface area contributed by atoms with Crippen LogP contribution in [0.1, 0.15) is 27.2 Å². The lowest BCUT2D eigenvalue weighted by Crippen LogP contribution is -2.30. The lowest BCUT2D eigenvalue weighted by atomic mass is 9.96. The summed E-state index contributed by atoms with van der Waals surface area (Å²) in [5.41, 5.74) is 0.531. The highest BCUT2D eigenvalue weighted by molar-refractivity contribution is 6.55. The van der Waals surface area contributed by atoms with Gasteiger partial charge in [-0.25, -0.2) is 4.79 Å². The molecule has 0 bridgehead atoms. The van der Waals surface area contributed by atoms with Crippen LogP contribution in [0.5, 0.6) is 0 Å². The second kappa shape index (κ2) is 8.47. The molecule has 6 heteroatoms. The van der Waals surface area contributed by atoms with Crippen molar-refractivity contribution in [2.75, 3.05) is 12.4 Å². The van der Waals surface area contributed by atoms with E-state index in [-0.39, 0.29) is 28.8 Å². The number of hydrogen-bond donors (Lipinski definition) is 2. The number of ether oxygens (including phenoxy) is 1. The minimum Gasteiger partial charge on any atom is -0.505 e. The number of nitrogens with zero attached hydrogens (tertiary/aromatic N) is 1. The summed E-state index contributed by atoms with van der Waals surface area (Å²) in [6, 6.07) is 8.88. The summed E-state index contributed by atoms with van der Waals surface area (Å²) in [5, 5.41) is 13.5. The fourth-order valence-electron chi connectivity index (χ4n) is 2.79. The van der Waals surface area contributed by atoms with Gasteiger partial charge in [-0.15, -0.1) is 0 Å². The summed E-state index contributed by atoms with van der Waals surface area (Å²) in [7, 11) is 1.20. The molecule has 1 unspecified atom stereocenters.